The molecular formula is C12H14F2N2O4. The van der Waals surface area contributed by atoms with E-state index in [1.54, 1.807) is 6.92 Å². The Morgan fingerprint density at radius 2 is 2.15 bits per heavy atom. The van der Waals surface area contributed by atoms with Gasteiger partial charge in [-0.05, 0) is 6.42 Å². The van der Waals surface area contributed by atoms with Gasteiger partial charge in [-0.1, -0.05) is 13.3 Å². The zero-order valence-corrected chi connectivity index (χ0v) is 10.7. The molecule has 0 aliphatic rings. The van der Waals surface area contributed by atoms with Crippen LogP contribution in [0.3, 0.4) is 0 Å². The first-order valence-corrected chi connectivity index (χ1v) is 5.96. The molecule has 0 heterocycles. The third kappa shape index (κ3) is 3.87. The van der Waals surface area contributed by atoms with Gasteiger partial charge in [-0.3, -0.25) is 14.9 Å². The van der Waals surface area contributed by atoms with Crippen molar-refractivity contribution in [2.24, 2.45) is 5.92 Å². The Labute approximate surface area is 113 Å². The number of hydrogen-bond donors (Lipinski definition) is 2. The van der Waals surface area contributed by atoms with Crippen LogP contribution in [0.25, 0.3) is 0 Å². The Balaban J connectivity index is 2.96. The van der Waals surface area contributed by atoms with E-state index in [4.69, 9.17) is 5.11 Å². The van der Waals surface area contributed by atoms with Crippen LogP contribution in [0.2, 0.25) is 0 Å². The summed E-state index contributed by atoms with van der Waals surface area (Å²) in [4.78, 5) is 20.7. The molecule has 6 nitrogen and oxygen atoms in total. The summed E-state index contributed by atoms with van der Waals surface area (Å²) in [5, 5.41) is 22.1. The molecule has 1 aromatic carbocycles. The number of rotatable bonds is 7. The van der Waals surface area contributed by atoms with Crippen molar-refractivity contribution in [2.75, 3.05) is 11.9 Å². The summed E-state index contributed by atoms with van der Waals surface area (Å²) in [5.41, 5.74) is -1.26. The Morgan fingerprint density at radius 1 is 1.50 bits per heavy atom. The van der Waals surface area contributed by atoms with Gasteiger partial charge in [-0.25, -0.2) is 4.39 Å². The minimum absolute atomic E-state index is 0.146. The van der Waals surface area contributed by atoms with Gasteiger partial charge in [-0.2, -0.15) is 4.39 Å². The van der Waals surface area contributed by atoms with Gasteiger partial charge in [0.25, 0.3) is 0 Å². The van der Waals surface area contributed by atoms with Crippen LogP contribution in [0.15, 0.2) is 12.1 Å². The van der Waals surface area contributed by atoms with Crippen molar-refractivity contribution in [3.05, 3.63) is 33.9 Å². The maximum absolute atomic E-state index is 13.4. The maximum atomic E-state index is 13.4. The molecule has 0 aromatic heterocycles. The highest BCUT2D eigenvalue weighted by Crippen LogP contribution is 2.29. The third-order valence-corrected chi connectivity index (χ3v) is 2.74. The number of nitrogens with one attached hydrogen (secondary N) is 1. The van der Waals surface area contributed by atoms with E-state index in [0.29, 0.717) is 18.9 Å². The zero-order chi connectivity index (χ0) is 15.3. The monoisotopic (exact) mass is 288 g/mol. The van der Waals surface area contributed by atoms with Gasteiger partial charge < -0.3 is 10.4 Å². The molecule has 0 saturated carbocycles. The van der Waals surface area contributed by atoms with Crippen LogP contribution in [0.4, 0.5) is 20.2 Å². The Hall–Kier alpha value is -2.25. The second kappa shape index (κ2) is 6.78. The van der Waals surface area contributed by atoms with Crippen molar-refractivity contribution in [1.82, 2.24) is 0 Å². The average Bonchev–Trinajstić information content (AvgIpc) is 2.32. The van der Waals surface area contributed by atoms with Crippen LogP contribution < -0.4 is 5.32 Å². The van der Waals surface area contributed by atoms with Crippen LogP contribution in [0.5, 0.6) is 0 Å². The minimum atomic E-state index is -1.31. The summed E-state index contributed by atoms with van der Waals surface area (Å²) in [6.07, 6.45) is 0.964. The van der Waals surface area contributed by atoms with Crippen LogP contribution in [-0.2, 0) is 4.79 Å². The fourth-order valence-corrected chi connectivity index (χ4v) is 1.78. The molecule has 0 saturated heterocycles. The van der Waals surface area contributed by atoms with Gasteiger partial charge in [0, 0.05) is 18.7 Å². The number of benzene rings is 1. The molecule has 20 heavy (non-hydrogen) atoms. The molecule has 0 spiro atoms. The molecule has 1 aromatic rings. The molecule has 8 heteroatoms. The molecular weight excluding hydrogens is 274 g/mol. The highest BCUT2D eigenvalue weighted by atomic mass is 19.1. The zero-order valence-electron chi connectivity index (χ0n) is 10.7. The predicted octanol–water partition coefficient (Wildman–Crippen LogP) is 2.79. The summed E-state index contributed by atoms with van der Waals surface area (Å²) in [6, 6.07) is 1.18. The Bertz CT molecular complexity index is 522. The van der Waals surface area contributed by atoms with Crippen LogP contribution >= 0.6 is 0 Å². The van der Waals surface area contributed by atoms with Crippen molar-refractivity contribution in [3.63, 3.8) is 0 Å². The maximum Gasteiger partial charge on any atom is 0.327 e. The number of anilines is 1. The molecule has 0 bridgehead atoms. The second-order valence-electron chi connectivity index (χ2n) is 4.25. The summed E-state index contributed by atoms with van der Waals surface area (Å²) in [7, 11) is 0. The van der Waals surface area contributed by atoms with Crippen LogP contribution in [-0.4, -0.2) is 22.5 Å². The van der Waals surface area contributed by atoms with E-state index >= 15 is 0 Å². The van der Waals surface area contributed by atoms with Gasteiger partial charge in [0.2, 0.25) is 5.82 Å². The highest BCUT2D eigenvalue weighted by Gasteiger charge is 2.24. The number of nitrogens with zero attached hydrogens (tertiary/aromatic N) is 1. The average molecular weight is 288 g/mol. The third-order valence-electron chi connectivity index (χ3n) is 2.74. The van der Waals surface area contributed by atoms with Gasteiger partial charge in [-0.15, -0.1) is 0 Å². The number of hydrogen-bond acceptors (Lipinski definition) is 4. The molecule has 110 valence electrons. The van der Waals surface area contributed by atoms with Crippen LogP contribution in [0.1, 0.15) is 19.8 Å². The highest BCUT2D eigenvalue weighted by molar-refractivity contribution is 5.71. The van der Waals surface area contributed by atoms with E-state index in [9.17, 15) is 23.7 Å². The number of carbonyl (C=O) groups is 1. The standard InChI is InChI=1S/C12H14F2N2O4/c1-2-3-7(12(17)18)6-15-10-5-8(13)4-9(14)11(10)16(19)20/h4-5,7,15H,2-3,6H2,1H3,(H,17,18). The van der Waals surface area contributed by atoms with Gasteiger partial charge in [0.1, 0.15) is 11.5 Å². The first kappa shape index (κ1) is 15.8. The topological polar surface area (TPSA) is 92.5 Å². The lowest BCUT2D eigenvalue weighted by Crippen LogP contribution is -2.23. The number of carboxylic acids is 1. The van der Waals surface area contributed by atoms with E-state index < -0.39 is 34.1 Å². The first-order valence-electron chi connectivity index (χ1n) is 5.96. The number of aliphatic carboxylic acids is 1. The first-order chi connectivity index (χ1) is 9.36. The Morgan fingerprint density at radius 3 is 2.65 bits per heavy atom. The molecule has 0 radical (unpaired) electrons. The summed E-state index contributed by atoms with van der Waals surface area (Å²) >= 11 is 0. The molecule has 0 aliphatic heterocycles. The minimum Gasteiger partial charge on any atom is -0.481 e. The van der Waals surface area contributed by atoms with Gasteiger partial charge in [0.05, 0.1) is 10.8 Å². The fourth-order valence-electron chi connectivity index (χ4n) is 1.78. The molecule has 2 N–H and O–H groups in total. The molecule has 1 atom stereocenters. The lowest BCUT2D eigenvalue weighted by Gasteiger charge is -2.13. The number of carboxylic acid groups (broad SMARTS) is 1. The van der Waals surface area contributed by atoms with Crippen molar-refractivity contribution < 1.29 is 23.6 Å². The second-order valence-corrected chi connectivity index (χ2v) is 4.25. The SMILES string of the molecule is CCCC(CNc1cc(F)cc(F)c1[N+](=O)[O-])C(=O)O. The van der Waals surface area contributed by atoms with E-state index in [1.807, 2.05) is 0 Å². The molecule has 0 amide bonds. The van der Waals surface area contributed by atoms with E-state index in [0.717, 1.165) is 6.07 Å². The van der Waals surface area contributed by atoms with Gasteiger partial charge >= 0.3 is 11.7 Å². The lowest BCUT2D eigenvalue weighted by molar-refractivity contribution is -0.386. The largest absolute Gasteiger partial charge is 0.481 e. The number of nitro groups is 1. The fraction of sp³-hybridized carbons (Fsp3) is 0.417. The Kier molecular flexibility index (Phi) is 5.36. The quantitative estimate of drug-likeness (QED) is 0.594. The predicted molar refractivity (Wildman–Crippen MR) is 67.5 cm³/mol. The van der Waals surface area contributed by atoms with Crippen molar-refractivity contribution in [1.29, 1.82) is 0 Å². The smallest absolute Gasteiger partial charge is 0.327 e. The number of halogens is 2. The van der Waals surface area contributed by atoms with Gasteiger partial charge in [0.15, 0.2) is 0 Å². The lowest BCUT2D eigenvalue weighted by atomic mass is 10.0. The molecule has 1 rings (SSSR count). The summed E-state index contributed by atoms with van der Waals surface area (Å²) in [5.74, 6) is -4.14. The normalized spacial score (nSPS) is 11.9. The van der Waals surface area contributed by atoms with Crippen molar-refractivity contribution in [2.45, 2.75) is 19.8 Å². The van der Waals surface area contributed by atoms with E-state index in [1.165, 1.54) is 0 Å². The summed E-state index contributed by atoms with van der Waals surface area (Å²) in [6.45, 7) is 1.65. The van der Waals surface area contributed by atoms with E-state index in [-0.39, 0.29) is 12.2 Å². The molecule has 0 aliphatic carbocycles. The van der Waals surface area contributed by atoms with E-state index in [2.05, 4.69) is 5.32 Å². The molecule has 1 unspecified atom stereocenters. The summed E-state index contributed by atoms with van der Waals surface area (Å²) < 4.78 is 26.4. The molecule has 0 fully saturated rings. The number of nitro benzene ring substituents is 1. The van der Waals surface area contributed by atoms with Crippen molar-refractivity contribution in [3.8, 4) is 0 Å². The van der Waals surface area contributed by atoms with Crippen molar-refractivity contribution >= 4 is 17.3 Å². The van der Waals surface area contributed by atoms with Crippen LogP contribution in [0, 0.1) is 27.7 Å².